The Morgan fingerprint density at radius 1 is 0.867 bits per heavy atom. The van der Waals surface area contributed by atoms with Crippen LogP contribution in [0, 0.1) is 6.92 Å². The van der Waals surface area contributed by atoms with E-state index in [-0.39, 0.29) is 0 Å². The van der Waals surface area contributed by atoms with Crippen molar-refractivity contribution in [3.63, 3.8) is 0 Å². The molecular formula is C24H20ClN5. The molecule has 0 radical (unpaired) electrons. The van der Waals surface area contributed by atoms with Gasteiger partial charge in [0.2, 0.25) is 5.95 Å². The van der Waals surface area contributed by atoms with Crippen molar-refractivity contribution in [3.05, 3.63) is 101 Å². The molecule has 0 unspecified atom stereocenters. The van der Waals surface area contributed by atoms with Crippen molar-refractivity contribution < 1.29 is 0 Å². The first-order valence-corrected chi connectivity index (χ1v) is 9.86. The number of rotatable bonds is 6. The van der Waals surface area contributed by atoms with Gasteiger partial charge in [-0.1, -0.05) is 71.8 Å². The van der Waals surface area contributed by atoms with Crippen LogP contribution in [-0.4, -0.2) is 16.2 Å². The number of hydrogen-bond acceptors (Lipinski definition) is 5. The van der Waals surface area contributed by atoms with Crippen LogP contribution in [0.4, 0.5) is 17.5 Å². The Morgan fingerprint density at radius 3 is 2.33 bits per heavy atom. The van der Waals surface area contributed by atoms with E-state index in [1.54, 1.807) is 6.21 Å². The van der Waals surface area contributed by atoms with Gasteiger partial charge in [-0.15, -0.1) is 0 Å². The highest BCUT2D eigenvalue weighted by Crippen LogP contribution is 2.23. The lowest BCUT2D eigenvalue weighted by atomic mass is 10.1. The minimum absolute atomic E-state index is 0.465. The molecule has 0 atom stereocenters. The topological polar surface area (TPSA) is 62.2 Å². The third-order valence-corrected chi connectivity index (χ3v) is 4.62. The first kappa shape index (κ1) is 19.6. The van der Waals surface area contributed by atoms with Gasteiger partial charge >= 0.3 is 0 Å². The standard InChI is InChI=1S/C24H20ClN5/c1-17-7-9-18(10-8-17)16-26-30-23-15-22(19-5-3-2-4-6-19)28-24(29-23)27-21-13-11-20(25)12-14-21/h2-16H,1H3,(H2,27,28,29,30). The summed E-state index contributed by atoms with van der Waals surface area (Å²) >= 11 is 5.98. The number of anilines is 3. The second-order valence-electron chi connectivity index (χ2n) is 6.74. The number of aromatic nitrogens is 2. The zero-order valence-corrected chi connectivity index (χ0v) is 17.1. The van der Waals surface area contributed by atoms with Crippen molar-refractivity contribution in [2.45, 2.75) is 6.92 Å². The molecule has 3 aromatic carbocycles. The fourth-order valence-electron chi connectivity index (χ4n) is 2.80. The molecule has 5 nitrogen and oxygen atoms in total. The Kier molecular flexibility index (Phi) is 6.01. The Labute approximate surface area is 180 Å². The maximum Gasteiger partial charge on any atom is 0.229 e. The quantitative estimate of drug-likeness (QED) is 0.288. The molecule has 2 N–H and O–H groups in total. The number of aryl methyl sites for hydroxylation is 1. The van der Waals surface area contributed by atoms with E-state index < -0.39 is 0 Å². The van der Waals surface area contributed by atoms with Crippen LogP contribution in [0.15, 0.2) is 90.0 Å². The highest BCUT2D eigenvalue weighted by molar-refractivity contribution is 6.30. The summed E-state index contributed by atoms with van der Waals surface area (Å²) in [6, 6.07) is 27.3. The fourth-order valence-corrected chi connectivity index (χ4v) is 2.93. The summed E-state index contributed by atoms with van der Waals surface area (Å²) in [5.41, 5.74) is 7.85. The maximum absolute atomic E-state index is 5.98. The van der Waals surface area contributed by atoms with Gasteiger partial charge < -0.3 is 5.32 Å². The molecular weight excluding hydrogens is 394 g/mol. The molecule has 0 aliphatic rings. The van der Waals surface area contributed by atoms with Gasteiger partial charge in [0.05, 0.1) is 11.9 Å². The minimum Gasteiger partial charge on any atom is -0.324 e. The van der Waals surface area contributed by atoms with Gasteiger partial charge in [0.1, 0.15) is 0 Å². The van der Waals surface area contributed by atoms with Gasteiger partial charge in [-0.3, -0.25) is 5.43 Å². The SMILES string of the molecule is Cc1ccc(C=NNc2cc(-c3ccccc3)nc(Nc3ccc(Cl)cc3)n2)cc1. The van der Waals surface area contributed by atoms with Crippen molar-refractivity contribution in [2.75, 3.05) is 10.7 Å². The van der Waals surface area contributed by atoms with Gasteiger partial charge in [0, 0.05) is 22.3 Å². The second-order valence-corrected chi connectivity index (χ2v) is 7.18. The molecule has 148 valence electrons. The van der Waals surface area contributed by atoms with Crippen LogP contribution in [0.5, 0.6) is 0 Å². The van der Waals surface area contributed by atoms with E-state index in [9.17, 15) is 0 Å². The average Bonchev–Trinajstić information content (AvgIpc) is 2.77. The van der Waals surface area contributed by atoms with E-state index in [2.05, 4.69) is 32.7 Å². The Bertz CT molecular complexity index is 1140. The van der Waals surface area contributed by atoms with Gasteiger partial charge in [0.25, 0.3) is 0 Å². The third kappa shape index (κ3) is 5.21. The molecule has 4 rings (SSSR count). The number of nitrogens with zero attached hydrogens (tertiary/aromatic N) is 3. The van der Waals surface area contributed by atoms with Crippen molar-refractivity contribution in [2.24, 2.45) is 5.10 Å². The Hall–Kier alpha value is -3.70. The van der Waals surface area contributed by atoms with Gasteiger partial charge in [0.15, 0.2) is 5.82 Å². The van der Waals surface area contributed by atoms with Gasteiger partial charge in [-0.25, -0.2) is 4.98 Å². The number of halogens is 1. The fraction of sp³-hybridized carbons (Fsp3) is 0.0417. The summed E-state index contributed by atoms with van der Waals surface area (Å²) in [6.45, 7) is 2.06. The van der Waals surface area contributed by atoms with Crippen molar-refractivity contribution in [3.8, 4) is 11.3 Å². The van der Waals surface area contributed by atoms with Crippen LogP contribution in [0.1, 0.15) is 11.1 Å². The normalized spacial score (nSPS) is 10.9. The van der Waals surface area contributed by atoms with Crippen LogP contribution in [0.3, 0.4) is 0 Å². The van der Waals surface area contributed by atoms with Gasteiger partial charge in [-0.05, 0) is 36.8 Å². The summed E-state index contributed by atoms with van der Waals surface area (Å²) in [5.74, 6) is 1.05. The van der Waals surface area contributed by atoms with E-state index in [1.165, 1.54) is 5.56 Å². The molecule has 1 aromatic heterocycles. The molecule has 4 aromatic rings. The molecule has 0 aliphatic heterocycles. The van der Waals surface area contributed by atoms with Crippen molar-refractivity contribution in [1.29, 1.82) is 0 Å². The summed E-state index contributed by atoms with van der Waals surface area (Å²) in [4.78, 5) is 9.19. The molecule has 0 bridgehead atoms. The molecule has 30 heavy (non-hydrogen) atoms. The monoisotopic (exact) mass is 413 g/mol. The maximum atomic E-state index is 5.98. The molecule has 0 spiro atoms. The summed E-state index contributed by atoms with van der Waals surface area (Å²) in [7, 11) is 0. The van der Waals surface area contributed by atoms with Crippen LogP contribution in [-0.2, 0) is 0 Å². The molecule has 1 heterocycles. The van der Waals surface area contributed by atoms with Crippen LogP contribution >= 0.6 is 11.6 Å². The first-order chi connectivity index (χ1) is 14.7. The lowest BCUT2D eigenvalue weighted by Gasteiger charge is -2.10. The Balaban J connectivity index is 1.61. The minimum atomic E-state index is 0.465. The first-order valence-electron chi connectivity index (χ1n) is 9.48. The van der Waals surface area contributed by atoms with E-state index in [0.29, 0.717) is 16.8 Å². The number of hydrazone groups is 1. The smallest absolute Gasteiger partial charge is 0.229 e. The molecule has 0 saturated heterocycles. The molecule has 0 fully saturated rings. The third-order valence-electron chi connectivity index (χ3n) is 4.37. The van der Waals surface area contributed by atoms with Crippen LogP contribution < -0.4 is 10.7 Å². The van der Waals surface area contributed by atoms with Crippen LogP contribution in [0.25, 0.3) is 11.3 Å². The summed E-state index contributed by atoms with van der Waals surface area (Å²) in [6.07, 6.45) is 1.76. The lowest BCUT2D eigenvalue weighted by molar-refractivity contribution is 1.14. The highest BCUT2D eigenvalue weighted by atomic mass is 35.5. The van der Waals surface area contributed by atoms with Gasteiger partial charge in [-0.2, -0.15) is 10.1 Å². The Morgan fingerprint density at radius 2 is 1.60 bits per heavy atom. The lowest BCUT2D eigenvalue weighted by Crippen LogP contribution is -2.02. The summed E-state index contributed by atoms with van der Waals surface area (Å²) < 4.78 is 0. The van der Waals surface area contributed by atoms with Crippen molar-refractivity contribution in [1.82, 2.24) is 9.97 Å². The zero-order valence-electron chi connectivity index (χ0n) is 16.4. The number of benzene rings is 3. The summed E-state index contributed by atoms with van der Waals surface area (Å²) in [5, 5.41) is 8.22. The van der Waals surface area contributed by atoms with E-state index in [4.69, 9.17) is 11.6 Å². The largest absolute Gasteiger partial charge is 0.324 e. The zero-order chi connectivity index (χ0) is 20.8. The number of nitrogens with one attached hydrogen (secondary N) is 2. The molecule has 0 saturated carbocycles. The van der Waals surface area contributed by atoms with E-state index in [1.807, 2.05) is 84.9 Å². The highest BCUT2D eigenvalue weighted by Gasteiger charge is 2.07. The molecule has 0 aliphatic carbocycles. The van der Waals surface area contributed by atoms with Crippen LogP contribution in [0.2, 0.25) is 5.02 Å². The molecule has 0 amide bonds. The predicted octanol–water partition coefficient (Wildman–Crippen LogP) is 6.30. The van der Waals surface area contributed by atoms with Crippen molar-refractivity contribution >= 4 is 35.3 Å². The number of hydrogen-bond donors (Lipinski definition) is 2. The predicted molar refractivity (Wildman–Crippen MR) is 125 cm³/mol. The average molecular weight is 414 g/mol. The van der Waals surface area contributed by atoms with E-state index >= 15 is 0 Å². The second kappa shape index (κ2) is 9.20. The van der Waals surface area contributed by atoms with E-state index in [0.717, 1.165) is 22.5 Å². The molecule has 6 heteroatoms.